The van der Waals surface area contributed by atoms with Gasteiger partial charge in [0.2, 0.25) is 0 Å². The lowest BCUT2D eigenvalue weighted by Gasteiger charge is -2.02. The predicted octanol–water partition coefficient (Wildman–Crippen LogP) is 5.24. The zero-order valence-electron chi connectivity index (χ0n) is 12.2. The van der Waals surface area contributed by atoms with Crippen molar-refractivity contribution in [3.63, 3.8) is 0 Å². The Morgan fingerprint density at radius 3 is 2.91 bits per heavy atom. The Hall–Kier alpha value is -1.50. The second-order valence-electron chi connectivity index (χ2n) is 5.04. The third kappa shape index (κ3) is 3.11. The second-order valence-corrected chi connectivity index (χ2v) is 7.56. The summed E-state index contributed by atoms with van der Waals surface area (Å²) < 4.78 is 14.6. The summed E-state index contributed by atoms with van der Waals surface area (Å²) in [7, 11) is 0. The highest BCUT2D eigenvalue weighted by atomic mass is 79.9. The van der Waals surface area contributed by atoms with Crippen LogP contribution in [0.3, 0.4) is 0 Å². The first-order valence-corrected chi connectivity index (χ1v) is 8.68. The molecule has 7 heteroatoms. The molecule has 0 spiro atoms. The van der Waals surface area contributed by atoms with Gasteiger partial charge >= 0.3 is 0 Å². The van der Waals surface area contributed by atoms with Crippen LogP contribution in [-0.2, 0) is 0 Å². The van der Waals surface area contributed by atoms with Crippen molar-refractivity contribution in [2.75, 3.05) is 0 Å². The predicted molar refractivity (Wildman–Crippen MR) is 97.5 cm³/mol. The van der Waals surface area contributed by atoms with E-state index in [4.69, 9.17) is 11.6 Å². The SMILES string of the molecule is Cc1sc2nc(C(Cl)=Cc3cc(Br)ccc3F)[nH]c(=O)c2c1C. The van der Waals surface area contributed by atoms with Gasteiger partial charge in [0.05, 0.1) is 10.4 Å². The molecule has 0 saturated carbocycles. The fourth-order valence-corrected chi connectivity index (χ4v) is 3.81. The number of aryl methyl sites for hydroxylation is 2. The van der Waals surface area contributed by atoms with Gasteiger partial charge in [0.1, 0.15) is 10.6 Å². The number of nitrogens with one attached hydrogen (secondary N) is 1. The Bertz CT molecular complexity index is 1010. The number of hydrogen-bond donors (Lipinski definition) is 1. The summed E-state index contributed by atoms with van der Waals surface area (Å²) in [6, 6.07) is 4.54. The molecule has 3 aromatic rings. The zero-order valence-corrected chi connectivity index (χ0v) is 15.4. The van der Waals surface area contributed by atoms with E-state index in [1.807, 2.05) is 13.8 Å². The van der Waals surface area contributed by atoms with Gasteiger partial charge < -0.3 is 4.98 Å². The first kappa shape index (κ1) is 16.4. The van der Waals surface area contributed by atoms with Crippen molar-refractivity contribution >= 4 is 60.2 Å². The maximum Gasteiger partial charge on any atom is 0.260 e. The molecular weight excluding hydrogens is 403 g/mol. The summed E-state index contributed by atoms with van der Waals surface area (Å²) in [4.78, 5) is 21.0. The Kier molecular flexibility index (Phi) is 4.40. The number of fused-ring (bicyclic) bond motifs is 1. The van der Waals surface area contributed by atoms with Crippen LogP contribution in [0.25, 0.3) is 21.3 Å². The number of H-pyrrole nitrogens is 1. The molecule has 3 rings (SSSR count). The summed E-state index contributed by atoms with van der Waals surface area (Å²) >= 11 is 11.0. The molecule has 2 aromatic heterocycles. The van der Waals surface area contributed by atoms with Crippen LogP contribution in [0.2, 0.25) is 0 Å². The standard InChI is InChI=1S/C16H11BrClFN2OS/c1-7-8(2)23-16-13(7)15(22)20-14(21-16)11(18)6-9-5-10(17)3-4-12(9)19/h3-6H,1-2H3,(H,20,21,22). The Balaban J connectivity index is 2.14. The number of hydrogen-bond acceptors (Lipinski definition) is 3. The molecule has 0 amide bonds. The smallest absolute Gasteiger partial charge is 0.260 e. The van der Waals surface area contributed by atoms with Crippen molar-refractivity contribution in [1.29, 1.82) is 0 Å². The van der Waals surface area contributed by atoms with Gasteiger partial charge in [-0.05, 0) is 43.7 Å². The lowest BCUT2D eigenvalue weighted by atomic mass is 10.2. The van der Waals surface area contributed by atoms with E-state index in [0.29, 0.717) is 15.8 Å². The van der Waals surface area contributed by atoms with E-state index < -0.39 is 5.82 Å². The lowest BCUT2D eigenvalue weighted by molar-refractivity contribution is 0.625. The minimum atomic E-state index is -0.405. The maximum atomic E-state index is 13.8. The van der Waals surface area contributed by atoms with Crippen LogP contribution in [0, 0.1) is 19.7 Å². The first-order chi connectivity index (χ1) is 10.9. The highest BCUT2D eigenvalue weighted by Crippen LogP contribution is 2.28. The molecule has 0 aliphatic carbocycles. The minimum Gasteiger partial charge on any atom is -0.305 e. The van der Waals surface area contributed by atoms with Crippen LogP contribution in [0.15, 0.2) is 27.5 Å². The van der Waals surface area contributed by atoms with E-state index >= 15 is 0 Å². The monoisotopic (exact) mass is 412 g/mol. The summed E-state index contributed by atoms with van der Waals surface area (Å²) in [6.45, 7) is 3.83. The van der Waals surface area contributed by atoms with Crippen molar-refractivity contribution in [3.8, 4) is 0 Å². The van der Waals surface area contributed by atoms with Crippen LogP contribution in [-0.4, -0.2) is 9.97 Å². The van der Waals surface area contributed by atoms with Gasteiger partial charge in [-0.3, -0.25) is 4.79 Å². The van der Waals surface area contributed by atoms with E-state index in [2.05, 4.69) is 25.9 Å². The van der Waals surface area contributed by atoms with E-state index in [0.717, 1.165) is 14.9 Å². The molecule has 23 heavy (non-hydrogen) atoms. The number of rotatable bonds is 2. The van der Waals surface area contributed by atoms with Crippen LogP contribution in [0.1, 0.15) is 21.8 Å². The topological polar surface area (TPSA) is 45.8 Å². The normalized spacial score (nSPS) is 12.1. The van der Waals surface area contributed by atoms with E-state index in [1.165, 1.54) is 23.5 Å². The second kappa shape index (κ2) is 6.19. The average molecular weight is 414 g/mol. The number of aromatic nitrogens is 2. The van der Waals surface area contributed by atoms with Crippen LogP contribution < -0.4 is 5.56 Å². The number of aromatic amines is 1. The van der Waals surface area contributed by atoms with Crippen LogP contribution >= 0.6 is 38.9 Å². The van der Waals surface area contributed by atoms with Crippen molar-refractivity contribution in [3.05, 3.63) is 60.7 Å². The summed E-state index contributed by atoms with van der Waals surface area (Å²) in [6.07, 6.45) is 1.44. The first-order valence-electron chi connectivity index (χ1n) is 6.69. The third-order valence-electron chi connectivity index (χ3n) is 3.51. The lowest BCUT2D eigenvalue weighted by Crippen LogP contribution is -2.10. The van der Waals surface area contributed by atoms with Gasteiger partial charge in [-0.2, -0.15) is 0 Å². The molecule has 0 atom stereocenters. The Labute approximate surface area is 149 Å². The molecule has 118 valence electrons. The number of thiophene rings is 1. The summed E-state index contributed by atoms with van der Waals surface area (Å²) in [5.74, 6) is -0.178. The molecule has 0 unspecified atom stereocenters. The third-order valence-corrected chi connectivity index (χ3v) is 5.39. The van der Waals surface area contributed by atoms with Crippen molar-refractivity contribution in [2.24, 2.45) is 0 Å². The molecule has 0 aliphatic heterocycles. The quantitative estimate of drug-likeness (QED) is 0.624. The Morgan fingerprint density at radius 2 is 2.17 bits per heavy atom. The molecule has 0 bridgehead atoms. The van der Waals surface area contributed by atoms with Crippen molar-refractivity contribution in [1.82, 2.24) is 9.97 Å². The van der Waals surface area contributed by atoms with Gasteiger partial charge in [0, 0.05) is 14.9 Å². The van der Waals surface area contributed by atoms with Gasteiger partial charge in [0.25, 0.3) is 5.56 Å². The van der Waals surface area contributed by atoms with Gasteiger partial charge in [-0.15, -0.1) is 11.3 Å². The number of nitrogens with zero attached hydrogens (tertiary/aromatic N) is 1. The van der Waals surface area contributed by atoms with E-state index in [1.54, 1.807) is 12.1 Å². The highest BCUT2D eigenvalue weighted by molar-refractivity contribution is 9.10. The van der Waals surface area contributed by atoms with Crippen LogP contribution in [0.4, 0.5) is 4.39 Å². The largest absolute Gasteiger partial charge is 0.305 e. The highest BCUT2D eigenvalue weighted by Gasteiger charge is 2.13. The molecule has 1 N–H and O–H groups in total. The Morgan fingerprint density at radius 1 is 1.43 bits per heavy atom. The molecule has 0 saturated heterocycles. The van der Waals surface area contributed by atoms with Crippen LogP contribution in [0.5, 0.6) is 0 Å². The zero-order chi connectivity index (χ0) is 16.7. The molecule has 0 fully saturated rings. The minimum absolute atomic E-state index is 0.171. The van der Waals surface area contributed by atoms with E-state index in [-0.39, 0.29) is 16.4 Å². The van der Waals surface area contributed by atoms with Gasteiger partial charge in [0.15, 0.2) is 5.82 Å². The maximum absolute atomic E-state index is 13.8. The number of halogens is 3. The molecule has 0 aliphatic rings. The number of benzene rings is 1. The van der Waals surface area contributed by atoms with Gasteiger partial charge in [-0.25, -0.2) is 9.37 Å². The van der Waals surface area contributed by atoms with Crippen molar-refractivity contribution < 1.29 is 4.39 Å². The fraction of sp³-hybridized carbons (Fsp3) is 0.125. The van der Waals surface area contributed by atoms with Crippen molar-refractivity contribution in [2.45, 2.75) is 13.8 Å². The molecule has 3 nitrogen and oxygen atoms in total. The molecule has 0 radical (unpaired) electrons. The molecule has 2 heterocycles. The fourth-order valence-electron chi connectivity index (χ4n) is 2.20. The molecular formula is C16H11BrClFN2OS. The summed E-state index contributed by atoms with van der Waals surface area (Å²) in [5, 5.41) is 0.749. The summed E-state index contributed by atoms with van der Waals surface area (Å²) in [5.41, 5.74) is 0.988. The van der Waals surface area contributed by atoms with E-state index in [9.17, 15) is 9.18 Å². The van der Waals surface area contributed by atoms with Gasteiger partial charge in [-0.1, -0.05) is 27.5 Å². The molecule has 1 aromatic carbocycles. The average Bonchev–Trinajstić information content (AvgIpc) is 2.78.